The van der Waals surface area contributed by atoms with Crippen LogP contribution in [0.5, 0.6) is 0 Å². The Balaban J connectivity index is 1.25. The number of nitrogens with zero attached hydrogens (tertiary/aromatic N) is 2. The fourth-order valence-corrected chi connectivity index (χ4v) is 7.95. The molecular formula is C29H38N2O6. The van der Waals surface area contributed by atoms with Gasteiger partial charge in [-0.15, -0.1) is 0 Å². The van der Waals surface area contributed by atoms with E-state index in [9.17, 15) is 14.4 Å². The Morgan fingerprint density at radius 1 is 1.08 bits per heavy atom. The van der Waals surface area contributed by atoms with Crippen molar-refractivity contribution in [2.45, 2.75) is 69.7 Å². The maximum absolute atomic E-state index is 14.0. The predicted molar refractivity (Wildman–Crippen MR) is 134 cm³/mol. The predicted octanol–water partition coefficient (Wildman–Crippen LogP) is 2.74. The van der Waals surface area contributed by atoms with E-state index >= 15 is 0 Å². The standard InChI is InChI=1S/C29H38N2O6/c1-18(2)31-25-20-16-21(26(25)36-22(32)17-30-12-14-35-15-13-30)24(23(20)27(31)33)28(34)37-29(10-6-7-11-29)19-8-4-3-5-9-19/h3-5,8-9,18,20-21,23-26H,6-7,10-17H2,1-2H3. The van der Waals surface area contributed by atoms with Crippen molar-refractivity contribution in [2.24, 2.45) is 23.7 Å². The molecule has 6 atom stereocenters. The monoisotopic (exact) mass is 510 g/mol. The van der Waals surface area contributed by atoms with Crippen molar-refractivity contribution in [1.29, 1.82) is 0 Å². The summed E-state index contributed by atoms with van der Waals surface area (Å²) < 4.78 is 18.0. The second-order valence-corrected chi connectivity index (χ2v) is 11.8. The number of esters is 2. The van der Waals surface area contributed by atoms with E-state index in [0.717, 1.165) is 37.7 Å². The van der Waals surface area contributed by atoms with Crippen LogP contribution in [0.3, 0.4) is 0 Å². The number of rotatable bonds is 7. The molecule has 8 heteroatoms. The fraction of sp³-hybridized carbons (Fsp3) is 0.690. The number of fused-ring (bicyclic) bond motifs is 1. The SMILES string of the molecule is CC(C)N1C(=O)C2C3CC(C(OC(=O)CN4CCOCC4)C31)C2C(=O)OC1(c2ccccc2)CCCC1. The van der Waals surface area contributed by atoms with E-state index < -0.39 is 17.6 Å². The van der Waals surface area contributed by atoms with Crippen molar-refractivity contribution in [3.63, 3.8) is 0 Å². The maximum atomic E-state index is 14.0. The van der Waals surface area contributed by atoms with Crippen molar-refractivity contribution in [3.05, 3.63) is 35.9 Å². The Hall–Kier alpha value is -2.45. The third kappa shape index (κ3) is 4.16. The topological polar surface area (TPSA) is 85.4 Å². The molecule has 8 nitrogen and oxygen atoms in total. The van der Waals surface area contributed by atoms with E-state index in [0.29, 0.717) is 26.3 Å². The third-order valence-electron chi connectivity index (χ3n) is 9.47. The highest BCUT2D eigenvalue weighted by Crippen LogP contribution is 2.61. The lowest BCUT2D eigenvalue weighted by Crippen LogP contribution is -2.50. The summed E-state index contributed by atoms with van der Waals surface area (Å²) >= 11 is 0. The number of hydrogen-bond donors (Lipinski definition) is 0. The largest absolute Gasteiger partial charge is 0.459 e. The summed E-state index contributed by atoms with van der Waals surface area (Å²) in [4.78, 5) is 44.6. The highest BCUT2D eigenvalue weighted by molar-refractivity contribution is 5.90. The lowest BCUT2D eigenvalue weighted by molar-refractivity contribution is -0.176. The zero-order valence-corrected chi connectivity index (χ0v) is 21.8. The zero-order chi connectivity index (χ0) is 25.7. The highest BCUT2D eigenvalue weighted by Gasteiger charge is 2.71. The molecule has 200 valence electrons. The van der Waals surface area contributed by atoms with Gasteiger partial charge in [0.05, 0.1) is 37.6 Å². The van der Waals surface area contributed by atoms with Crippen LogP contribution in [0.2, 0.25) is 0 Å². The minimum absolute atomic E-state index is 0.0151. The number of amides is 1. The molecule has 2 bridgehead atoms. The van der Waals surface area contributed by atoms with Gasteiger partial charge < -0.3 is 19.1 Å². The molecule has 5 aliphatic rings. The van der Waals surface area contributed by atoms with Crippen molar-refractivity contribution in [3.8, 4) is 0 Å². The number of carbonyl (C=O) groups is 3. The van der Waals surface area contributed by atoms with Gasteiger partial charge in [-0.25, -0.2) is 0 Å². The molecule has 37 heavy (non-hydrogen) atoms. The number of benzene rings is 1. The van der Waals surface area contributed by atoms with Crippen molar-refractivity contribution < 1.29 is 28.6 Å². The number of morpholine rings is 1. The highest BCUT2D eigenvalue weighted by atomic mass is 16.6. The van der Waals surface area contributed by atoms with Gasteiger partial charge in [-0.2, -0.15) is 0 Å². The van der Waals surface area contributed by atoms with E-state index in [-0.39, 0.29) is 54.2 Å². The van der Waals surface area contributed by atoms with E-state index in [1.165, 1.54) is 0 Å². The van der Waals surface area contributed by atoms with E-state index in [4.69, 9.17) is 14.2 Å². The smallest absolute Gasteiger partial charge is 0.320 e. The molecule has 1 aromatic rings. The molecule has 1 aromatic carbocycles. The maximum Gasteiger partial charge on any atom is 0.320 e. The second-order valence-electron chi connectivity index (χ2n) is 11.8. The Bertz CT molecular complexity index is 1030. The molecule has 6 unspecified atom stereocenters. The zero-order valence-electron chi connectivity index (χ0n) is 21.8. The number of likely N-dealkylation sites (tertiary alicyclic amines) is 1. The van der Waals surface area contributed by atoms with Crippen LogP contribution in [0.25, 0.3) is 0 Å². The average Bonchev–Trinajstić information content (AvgIpc) is 3.63. The van der Waals surface area contributed by atoms with Gasteiger partial charge in [0.1, 0.15) is 11.7 Å². The van der Waals surface area contributed by atoms with Crippen LogP contribution in [0, 0.1) is 23.7 Å². The van der Waals surface area contributed by atoms with Crippen LogP contribution in [-0.2, 0) is 34.2 Å². The van der Waals surface area contributed by atoms with Crippen LogP contribution in [0.15, 0.2) is 30.3 Å². The molecule has 0 aromatic heterocycles. The van der Waals surface area contributed by atoms with Crippen LogP contribution < -0.4 is 0 Å². The fourth-order valence-electron chi connectivity index (χ4n) is 7.95. The lowest BCUT2D eigenvalue weighted by Gasteiger charge is -2.37. The molecule has 2 aliphatic heterocycles. The van der Waals surface area contributed by atoms with Crippen molar-refractivity contribution in [2.75, 3.05) is 32.8 Å². The van der Waals surface area contributed by atoms with Gasteiger partial charge in [0.2, 0.25) is 5.91 Å². The molecular weight excluding hydrogens is 472 g/mol. The van der Waals surface area contributed by atoms with Gasteiger partial charge >= 0.3 is 11.9 Å². The summed E-state index contributed by atoms with van der Waals surface area (Å²) in [6.07, 6.45) is 3.84. The van der Waals surface area contributed by atoms with Gasteiger partial charge in [0.15, 0.2) is 0 Å². The number of ether oxygens (including phenoxy) is 3. The third-order valence-corrected chi connectivity index (χ3v) is 9.47. The van der Waals surface area contributed by atoms with Crippen molar-refractivity contribution >= 4 is 17.8 Å². The average molecular weight is 511 g/mol. The molecule has 0 spiro atoms. The molecule has 5 fully saturated rings. The summed E-state index contributed by atoms with van der Waals surface area (Å²) in [6.45, 7) is 6.82. The number of carbonyl (C=O) groups excluding carboxylic acids is 3. The van der Waals surface area contributed by atoms with Crippen molar-refractivity contribution in [1.82, 2.24) is 9.80 Å². The van der Waals surface area contributed by atoms with Crippen LogP contribution in [-0.4, -0.2) is 78.7 Å². The molecule has 3 saturated carbocycles. The van der Waals surface area contributed by atoms with Crippen LogP contribution in [0.4, 0.5) is 0 Å². The van der Waals surface area contributed by atoms with Gasteiger partial charge in [0.25, 0.3) is 0 Å². The van der Waals surface area contributed by atoms with Gasteiger partial charge in [-0.1, -0.05) is 30.3 Å². The molecule has 3 aliphatic carbocycles. The molecule has 1 amide bonds. The quantitative estimate of drug-likeness (QED) is 0.522. The first-order valence-corrected chi connectivity index (χ1v) is 14.0. The first-order chi connectivity index (χ1) is 17.9. The Morgan fingerprint density at radius 3 is 2.46 bits per heavy atom. The van der Waals surface area contributed by atoms with Crippen LogP contribution in [0.1, 0.15) is 51.5 Å². The first kappa shape index (κ1) is 24.9. The van der Waals surface area contributed by atoms with Gasteiger partial charge in [-0.05, 0) is 57.4 Å². The minimum Gasteiger partial charge on any atom is -0.459 e. The molecule has 0 radical (unpaired) electrons. The van der Waals surface area contributed by atoms with E-state index in [1.54, 1.807) is 0 Å². The molecule has 6 rings (SSSR count). The Morgan fingerprint density at radius 2 is 1.78 bits per heavy atom. The lowest BCUT2D eigenvalue weighted by atomic mass is 9.78. The van der Waals surface area contributed by atoms with E-state index in [1.807, 2.05) is 54.0 Å². The molecule has 2 heterocycles. The van der Waals surface area contributed by atoms with E-state index in [2.05, 4.69) is 0 Å². The summed E-state index contributed by atoms with van der Waals surface area (Å²) in [5.41, 5.74) is 0.388. The van der Waals surface area contributed by atoms with Gasteiger partial charge in [0, 0.05) is 25.0 Å². The van der Waals surface area contributed by atoms with Gasteiger partial charge in [-0.3, -0.25) is 19.3 Å². The minimum atomic E-state index is -0.637. The number of hydrogen-bond acceptors (Lipinski definition) is 7. The Kier molecular flexibility index (Phi) is 6.51. The Labute approximate surface area is 218 Å². The summed E-state index contributed by atoms with van der Waals surface area (Å²) in [6, 6.07) is 9.82. The summed E-state index contributed by atoms with van der Waals surface area (Å²) in [5.74, 6) is -1.69. The van der Waals surface area contributed by atoms with Crippen LogP contribution >= 0.6 is 0 Å². The summed E-state index contributed by atoms with van der Waals surface area (Å²) in [5, 5.41) is 0. The molecule has 2 saturated heterocycles. The first-order valence-electron chi connectivity index (χ1n) is 14.0. The molecule has 0 N–H and O–H groups in total. The normalized spacial score (nSPS) is 34.4. The second kappa shape index (κ2) is 9.70. The summed E-state index contributed by atoms with van der Waals surface area (Å²) in [7, 11) is 0.